The Kier molecular flexibility index (Phi) is 5.31. The number of halogens is 1. The Morgan fingerprint density at radius 3 is 2.70 bits per heavy atom. The van der Waals surface area contributed by atoms with Crippen molar-refractivity contribution in [2.24, 2.45) is 0 Å². The van der Waals surface area contributed by atoms with Crippen LogP contribution in [0.1, 0.15) is 12.1 Å². The minimum Gasteiger partial charge on any atom is -0.493 e. The average Bonchev–Trinajstić information content (AvgIpc) is 3.29. The van der Waals surface area contributed by atoms with E-state index >= 15 is 0 Å². The summed E-state index contributed by atoms with van der Waals surface area (Å²) in [6, 6.07) is 5.42. The SMILES string of the molecule is COc1ccc(-c2nc(CC(=O)N3CCC(F)(C(=O)O)C3)cs2)cc1OC. The van der Waals surface area contributed by atoms with Crippen LogP contribution in [0.5, 0.6) is 11.5 Å². The molecule has 1 aliphatic rings. The molecule has 2 heterocycles. The van der Waals surface area contributed by atoms with E-state index in [0.29, 0.717) is 22.2 Å². The number of carboxylic acids is 1. The molecule has 9 heteroatoms. The minimum atomic E-state index is -2.36. The maximum absolute atomic E-state index is 14.1. The van der Waals surface area contributed by atoms with Gasteiger partial charge in [0.1, 0.15) is 5.01 Å². The number of carboxylic acid groups (broad SMARTS) is 1. The summed E-state index contributed by atoms with van der Waals surface area (Å²) in [5, 5.41) is 11.4. The molecule has 1 saturated heterocycles. The maximum atomic E-state index is 14.1. The third kappa shape index (κ3) is 3.87. The lowest BCUT2D eigenvalue weighted by Gasteiger charge is -2.17. The summed E-state index contributed by atoms with van der Waals surface area (Å²) in [5.74, 6) is -0.676. The second-order valence-corrected chi connectivity index (χ2v) is 7.08. The standard InChI is InChI=1S/C18H19FN2O5S/c1-25-13-4-3-11(7-14(13)26-2)16-20-12(9-27-16)8-15(22)21-6-5-18(19,10-21)17(23)24/h3-4,7,9H,5-6,8,10H2,1-2H3,(H,23,24). The number of methoxy groups -OCH3 is 2. The molecule has 1 unspecified atom stereocenters. The first-order valence-electron chi connectivity index (χ1n) is 8.23. The quantitative estimate of drug-likeness (QED) is 0.809. The van der Waals surface area contributed by atoms with Crippen molar-refractivity contribution in [1.82, 2.24) is 9.88 Å². The number of hydrogen-bond acceptors (Lipinski definition) is 6. The van der Waals surface area contributed by atoms with Crippen molar-refractivity contribution in [2.45, 2.75) is 18.5 Å². The van der Waals surface area contributed by atoms with E-state index in [1.807, 2.05) is 6.07 Å². The monoisotopic (exact) mass is 394 g/mol. The van der Waals surface area contributed by atoms with E-state index in [-0.39, 0.29) is 25.3 Å². The first-order valence-corrected chi connectivity index (χ1v) is 9.11. The van der Waals surface area contributed by atoms with Gasteiger partial charge in [-0.15, -0.1) is 11.3 Å². The third-order valence-electron chi connectivity index (χ3n) is 4.47. The summed E-state index contributed by atoms with van der Waals surface area (Å²) < 4.78 is 24.6. The summed E-state index contributed by atoms with van der Waals surface area (Å²) in [6.45, 7) is -0.331. The second-order valence-electron chi connectivity index (χ2n) is 6.23. The van der Waals surface area contributed by atoms with Gasteiger partial charge in [-0.1, -0.05) is 0 Å². The second kappa shape index (κ2) is 7.51. The van der Waals surface area contributed by atoms with E-state index in [0.717, 1.165) is 5.56 Å². The highest BCUT2D eigenvalue weighted by Gasteiger charge is 2.46. The van der Waals surface area contributed by atoms with Crippen LogP contribution < -0.4 is 9.47 Å². The molecule has 1 N–H and O–H groups in total. The molecule has 7 nitrogen and oxygen atoms in total. The summed E-state index contributed by atoms with van der Waals surface area (Å²) >= 11 is 1.38. The van der Waals surface area contributed by atoms with Gasteiger partial charge in [-0.2, -0.15) is 0 Å². The van der Waals surface area contributed by atoms with E-state index < -0.39 is 18.2 Å². The molecule has 1 amide bonds. The molecule has 3 rings (SSSR count). The number of benzene rings is 1. The largest absolute Gasteiger partial charge is 0.493 e. The molecule has 0 aliphatic carbocycles. The zero-order valence-corrected chi connectivity index (χ0v) is 15.7. The minimum absolute atomic E-state index is 0.000507. The topological polar surface area (TPSA) is 89.0 Å². The van der Waals surface area contributed by atoms with E-state index in [2.05, 4.69) is 4.98 Å². The van der Waals surface area contributed by atoms with Crippen LogP contribution in [-0.2, 0) is 16.0 Å². The highest BCUT2D eigenvalue weighted by atomic mass is 32.1. The lowest BCUT2D eigenvalue weighted by molar-refractivity contribution is -0.150. The summed E-state index contributed by atoms with van der Waals surface area (Å²) in [7, 11) is 3.10. The Morgan fingerprint density at radius 2 is 2.07 bits per heavy atom. The van der Waals surface area contributed by atoms with Gasteiger partial charge in [0.2, 0.25) is 11.6 Å². The average molecular weight is 394 g/mol. The third-order valence-corrected chi connectivity index (χ3v) is 5.41. The summed E-state index contributed by atoms with van der Waals surface area (Å²) in [6.07, 6.45) is -0.193. The van der Waals surface area contributed by atoms with Crippen molar-refractivity contribution in [3.63, 3.8) is 0 Å². The van der Waals surface area contributed by atoms with E-state index in [1.54, 1.807) is 31.7 Å². The number of thiazole rings is 1. The fourth-order valence-electron chi connectivity index (χ4n) is 2.92. The number of hydrogen-bond donors (Lipinski definition) is 1. The Bertz CT molecular complexity index is 871. The van der Waals surface area contributed by atoms with Crippen LogP contribution in [0.3, 0.4) is 0 Å². The molecule has 1 aromatic carbocycles. The fraction of sp³-hybridized carbons (Fsp3) is 0.389. The van der Waals surface area contributed by atoms with E-state index in [4.69, 9.17) is 14.6 Å². The zero-order valence-electron chi connectivity index (χ0n) is 14.9. The van der Waals surface area contributed by atoms with Crippen molar-refractivity contribution in [1.29, 1.82) is 0 Å². The molecule has 0 radical (unpaired) electrons. The first kappa shape index (κ1) is 19.1. The van der Waals surface area contributed by atoms with E-state index in [1.165, 1.54) is 16.2 Å². The highest BCUT2D eigenvalue weighted by molar-refractivity contribution is 7.13. The zero-order chi connectivity index (χ0) is 19.6. The number of amides is 1. The molecule has 27 heavy (non-hydrogen) atoms. The molecule has 1 aliphatic heterocycles. The van der Waals surface area contributed by atoms with Crippen molar-refractivity contribution >= 4 is 23.2 Å². The molecule has 144 valence electrons. The molecular weight excluding hydrogens is 375 g/mol. The van der Waals surface area contributed by atoms with Crippen molar-refractivity contribution in [3.8, 4) is 22.1 Å². The van der Waals surface area contributed by atoms with Crippen LogP contribution in [0.15, 0.2) is 23.6 Å². The van der Waals surface area contributed by atoms with Crippen molar-refractivity contribution in [2.75, 3.05) is 27.3 Å². The van der Waals surface area contributed by atoms with Crippen molar-refractivity contribution in [3.05, 3.63) is 29.3 Å². The first-order chi connectivity index (χ1) is 12.9. The predicted octanol–water partition coefficient (Wildman–Crippen LogP) is 2.40. The molecule has 1 fully saturated rings. The van der Waals surface area contributed by atoms with Crippen LogP contribution in [0.4, 0.5) is 4.39 Å². The fourth-order valence-corrected chi connectivity index (χ4v) is 3.73. The van der Waals surface area contributed by atoms with Gasteiger partial charge >= 0.3 is 5.97 Å². The Balaban J connectivity index is 1.70. The summed E-state index contributed by atoms with van der Waals surface area (Å²) in [4.78, 5) is 29.0. The van der Waals surface area contributed by atoms with Crippen LogP contribution in [0.2, 0.25) is 0 Å². The predicted molar refractivity (Wildman–Crippen MR) is 97.0 cm³/mol. The smallest absolute Gasteiger partial charge is 0.343 e. The Hall–Kier alpha value is -2.68. The van der Waals surface area contributed by atoms with Gasteiger partial charge in [0.05, 0.1) is 32.9 Å². The number of nitrogens with zero attached hydrogens (tertiary/aromatic N) is 2. The Morgan fingerprint density at radius 1 is 1.33 bits per heavy atom. The van der Waals surface area contributed by atoms with Gasteiger partial charge in [0, 0.05) is 23.9 Å². The maximum Gasteiger partial charge on any atom is 0.343 e. The number of aromatic nitrogens is 1. The van der Waals surface area contributed by atoms with Gasteiger partial charge in [-0.3, -0.25) is 4.79 Å². The number of likely N-dealkylation sites (tertiary alicyclic amines) is 1. The van der Waals surface area contributed by atoms with Gasteiger partial charge < -0.3 is 19.5 Å². The molecular formula is C18H19FN2O5S. The van der Waals surface area contributed by atoms with Crippen molar-refractivity contribution < 1.29 is 28.6 Å². The molecule has 0 saturated carbocycles. The van der Waals surface area contributed by atoms with Gasteiger partial charge in [0.15, 0.2) is 11.5 Å². The van der Waals surface area contributed by atoms with Gasteiger partial charge in [-0.25, -0.2) is 14.2 Å². The molecule has 0 bridgehead atoms. The van der Waals surface area contributed by atoms with Crippen LogP contribution in [0, 0.1) is 0 Å². The number of ether oxygens (including phenoxy) is 2. The molecule has 1 atom stereocenters. The highest BCUT2D eigenvalue weighted by Crippen LogP contribution is 2.34. The van der Waals surface area contributed by atoms with E-state index in [9.17, 15) is 14.0 Å². The number of aliphatic carboxylic acids is 1. The lowest BCUT2D eigenvalue weighted by atomic mass is 10.1. The number of carbonyl (C=O) groups excluding carboxylic acids is 1. The number of alkyl halides is 1. The van der Waals surface area contributed by atoms with Crippen LogP contribution in [-0.4, -0.2) is 59.8 Å². The number of rotatable bonds is 6. The van der Waals surface area contributed by atoms with Gasteiger partial charge in [-0.05, 0) is 18.2 Å². The normalized spacial score (nSPS) is 19.1. The van der Waals surface area contributed by atoms with Crippen LogP contribution >= 0.6 is 11.3 Å². The van der Waals surface area contributed by atoms with Crippen LogP contribution in [0.25, 0.3) is 10.6 Å². The Labute approximate surface area is 159 Å². The van der Waals surface area contributed by atoms with Gasteiger partial charge in [0.25, 0.3) is 0 Å². The molecule has 0 spiro atoms. The lowest BCUT2D eigenvalue weighted by Crippen LogP contribution is -2.39. The summed E-state index contributed by atoms with van der Waals surface area (Å²) in [5.41, 5.74) is -0.977. The molecule has 2 aromatic rings. The molecule has 1 aromatic heterocycles. The number of carbonyl (C=O) groups is 2.